The molecule has 2 aromatic carbocycles. The van der Waals surface area contributed by atoms with E-state index in [9.17, 15) is 4.79 Å². The fourth-order valence-corrected chi connectivity index (χ4v) is 4.25. The number of ether oxygens (including phenoxy) is 3. The van der Waals surface area contributed by atoms with Crippen molar-refractivity contribution in [2.24, 2.45) is 0 Å². The fourth-order valence-electron chi connectivity index (χ4n) is 4.25. The largest absolute Gasteiger partial charge is 0.485 e. The van der Waals surface area contributed by atoms with Gasteiger partial charge in [-0.25, -0.2) is 0 Å². The van der Waals surface area contributed by atoms with Gasteiger partial charge in [0.05, 0.1) is 0 Å². The number of hydrogen-bond acceptors (Lipinski definition) is 6. The van der Waals surface area contributed by atoms with Crippen LogP contribution in [0.4, 0.5) is 0 Å². The van der Waals surface area contributed by atoms with Crippen LogP contribution in [0.25, 0.3) is 0 Å². The van der Waals surface area contributed by atoms with Gasteiger partial charge in [0.2, 0.25) is 6.79 Å². The fraction of sp³-hybridized carbons (Fsp3) is 0.296. The first-order chi connectivity index (χ1) is 16.7. The second-order valence-corrected chi connectivity index (χ2v) is 8.41. The van der Waals surface area contributed by atoms with E-state index in [1.54, 1.807) is 12.1 Å². The topological polar surface area (TPSA) is 64.4 Å². The molecule has 0 aliphatic carbocycles. The number of carbonyl (C=O) groups is 1. The van der Waals surface area contributed by atoms with Crippen molar-refractivity contribution in [3.63, 3.8) is 0 Å². The molecule has 0 saturated carbocycles. The number of para-hydroxylation sites is 1. The molecule has 2 aliphatic rings. The van der Waals surface area contributed by atoms with Gasteiger partial charge >= 0.3 is 0 Å². The number of benzene rings is 2. The lowest BCUT2D eigenvalue weighted by Crippen LogP contribution is -2.48. The number of rotatable bonds is 8. The molecule has 0 bridgehead atoms. The lowest BCUT2D eigenvalue weighted by molar-refractivity contribution is 0.0594. The van der Waals surface area contributed by atoms with E-state index in [0.717, 1.165) is 48.9 Å². The van der Waals surface area contributed by atoms with Crippen LogP contribution < -0.4 is 14.2 Å². The monoisotopic (exact) mass is 460 g/mol. The van der Waals surface area contributed by atoms with Crippen LogP contribution in [0.15, 0.2) is 71.7 Å². The summed E-state index contributed by atoms with van der Waals surface area (Å²) < 4.78 is 22.6. The van der Waals surface area contributed by atoms with E-state index in [-0.39, 0.29) is 19.3 Å². The predicted octanol–water partition coefficient (Wildman–Crippen LogP) is 4.27. The van der Waals surface area contributed by atoms with E-state index in [4.69, 9.17) is 18.6 Å². The SMILES string of the molecule is C=CCc1ccccc1OCc1ccc(C(=O)N2CCN(Cc3ccc4c(c3)OCO4)CC2)o1. The summed E-state index contributed by atoms with van der Waals surface area (Å²) in [5, 5.41) is 0. The molecule has 0 atom stereocenters. The Hall–Kier alpha value is -3.71. The number of amides is 1. The van der Waals surface area contributed by atoms with Crippen molar-refractivity contribution in [3.8, 4) is 17.2 Å². The Kier molecular flexibility index (Phi) is 6.53. The van der Waals surface area contributed by atoms with E-state index in [1.165, 1.54) is 5.56 Å². The zero-order chi connectivity index (χ0) is 23.3. The van der Waals surface area contributed by atoms with E-state index in [0.29, 0.717) is 24.6 Å². The van der Waals surface area contributed by atoms with Crippen molar-refractivity contribution >= 4 is 5.91 Å². The van der Waals surface area contributed by atoms with Gasteiger partial charge in [-0.15, -0.1) is 6.58 Å². The Bertz CT molecular complexity index is 1160. The number of hydrogen-bond donors (Lipinski definition) is 0. The van der Waals surface area contributed by atoms with Crippen molar-refractivity contribution < 1.29 is 23.4 Å². The minimum atomic E-state index is -0.0824. The second kappa shape index (κ2) is 10.1. The molecule has 1 fully saturated rings. The Labute approximate surface area is 199 Å². The summed E-state index contributed by atoms with van der Waals surface area (Å²) in [6, 6.07) is 17.4. The van der Waals surface area contributed by atoms with Crippen molar-refractivity contribution in [3.05, 3.63) is 89.9 Å². The molecular weight excluding hydrogens is 432 g/mol. The Balaban J connectivity index is 1.12. The van der Waals surface area contributed by atoms with Gasteiger partial charge in [-0.05, 0) is 47.9 Å². The second-order valence-electron chi connectivity index (χ2n) is 8.41. The van der Waals surface area contributed by atoms with Gasteiger partial charge in [0, 0.05) is 32.7 Å². The minimum absolute atomic E-state index is 0.0824. The third-order valence-corrected chi connectivity index (χ3v) is 6.08. The molecule has 0 N–H and O–H groups in total. The molecule has 1 aromatic heterocycles. The molecule has 2 aliphatic heterocycles. The molecule has 7 heteroatoms. The van der Waals surface area contributed by atoms with Crippen molar-refractivity contribution in [1.29, 1.82) is 0 Å². The molecule has 3 aromatic rings. The predicted molar refractivity (Wildman–Crippen MR) is 127 cm³/mol. The summed E-state index contributed by atoms with van der Waals surface area (Å²) in [5.41, 5.74) is 2.24. The zero-order valence-corrected chi connectivity index (χ0v) is 19.1. The summed E-state index contributed by atoms with van der Waals surface area (Å²) in [5.74, 6) is 3.28. The maximum Gasteiger partial charge on any atom is 0.289 e. The summed E-state index contributed by atoms with van der Waals surface area (Å²) in [6.07, 6.45) is 2.58. The highest BCUT2D eigenvalue weighted by Crippen LogP contribution is 2.33. The molecule has 3 heterocycles. The minimum Gasteiger partial charge on any atom is -0.485 e. The number of piperazine rings is 1. The van der Waals surface area contributed by atoms with E-state index >= 15 is 0 Å². The third-order valence-electron chi connectivity index (χ3n) is 6.08. The van der Waals surface area contributed by atoms with Gasteiger partial charge in [0.25, 0.3) is 5.91 Å². The molecule has 5 rings (SSSR count). The molecule has 1 saturated heterocycles. The van der Waals surface area contributed by atoms with Crippen molar-refractivity contribution in [1.82, 2.24) is 9.80 Å². The van der Waals surface area contributed by atoms with Gasteiger partial charge in [0.15, 0.2) is 17.3 Å². The number of furan rings is 1. The Morgan fingerprint density at radius 3 is 2.68 bits per heavy atom. The van der Waals surface area contributed by atoms with Crippen LogP contribution in [0.5, 0.6) is 17.2 Å². The van der Waals surface area contributed by atoms with Crippen LogP contribution in [-0.2, 0) is 19.6 Å². The summed E-state index contributed by atoms with van der Waals surface area (Å²) >= 11 is 0. The zero-order valence-electron chi connectivity index (χ0n) is 19.1. The third kappa shape index (κ3) is 4.94. The van der Waals surface area contributed by atoms with Crippen molar-refractivity contribution in [2.75, 3.05) is 33.0 Å². The lowest BCUT2D eigenvalue weighted by Gasteiger charge is -2.34. The summed E-state index contributed by atoms with van der Waals surface area (Å²) in [7, 11) is 0. The van der Waals surface area contributed by atoms with Gasteiger partial charge < -0.3 is 23.5 Å². The van der Waals surface area contributed by atoms with Gasteiger partial charge in [-0.3, -0.25) is 9.69 Å². The first kappa shape index (κ1) is 22.1. The van der Waals surface area contributed by atoms with Gasteiger partial charge in [-0.2, -0.15) is 0 Å². The number of fused-ring (bicyclic) bond motifs is 1. The molecular formula is C27H28N2O5. The van der Waals surface area contributed by atoms with E-state index in [2.05, 4.69) is 17.5 Å². The molecule has 7 nitrogen and oxygen atoms in total. The molecule has 176 valence electrons. The average molecular weight is 461 g/mol. The highest BCUT2D eigenvalue weighted by molar-refractivity contribution is 5.91. The lowest BCUT2D eigenvalue weighted by atomic mass is 10.1. The number of nitrogens with zero attached hydrogens (tertiary/aromatic N) is 2. The van der Waals surface area contributed by atoms with E-state index in [1.807, 2.05) is 47.4 Å². The standard InChI is InChI=1S/C27H28N2O5/c1-2-5-21-6-3-4-7-23(21)31-18-22-9-11-25(34-22)27(30)29-14-12-28(13-15-29)17-20-8-10-24-26(16-20)33-19-32-24/h2-4,6-11,16H,1,5,12-15,17-19H2. The van der Waals surface area contributed by atoms with Crippen LogP contribution in [-0.4, -0.2) is 48.7 Å². The average Bonchev–Trinajstić information content (AvgIpc) is 3.53. The van der Waals surface area contributed by atoms with Gasteiger partial charge in [0.1, 0.15) is 18.1 Å². The maximum absolute atomic E-state index is 13.0. The van der Waals surface area contributed by atoms with Crippen LogP contribution in [0, 0.1) is 0 Å². The first-order valence-corrected chi connectivity index (χ1v) is 11.5. The normalized spacial score (nSPS) is 15.4. The van der Waals surface area contributed by atoms with E-state index < -0.39 is 0 Å². The van der Waals surface area contributed by atoms with Crippen LogP contribution in [0.3, 0.4) is 0 Å². The molecule has 0 spiro atoms. The highest BCUT2D eigenvalue weighted by atomic mass is 16.7. The quantitative estimate of drug-likeness (QED) is 0.468. The first-order valence-electron chi connectivity index (χ1n) is 11.5. The molecule has 0 radical (unpaired) electrons. The highest BCUT2D eigenvalue weighted by Gasteiger charge is 2.25. The smallest absolute Gasteiger partial charge is 0.289 e. The Morgan fingerprint density at radius 2 is 1.82 bits per heavy atom. The van der Waals surface area contributed by atoms with Crippen molar-refractivity contribution in [2.45, 2.75) is 19.6 Å². The van der Waals surface area contributed by atoms with Crippen LogP contribution in [0.1, 0.15) is 27.4 Å². The van der Waals surface area contributed by atoms with Crippen LogP contribution in [0.2, 0.25) is 0 Å². The summed E-state index contributed by atoms with van der Waals surface area (Å²) in [6.45, 7) is 8.07. The maximum atomic E-state index is 13.0. The molecule has 0 unspecified atom stereocenters. The molecule has 1 amide bonds. The molecule has 34 heavy (non-hydrogen) atoms. The van der Waals surface area contributed by atoms with Gasteiger partial charge in [-0.1, -0.05) is 30.3 Å². The Morgan fingerprint density at radius 1 is 1.00 bits per heavy atom. The van der Waals surface area contributed by atoms with Crippen LogP contribution >= 0.6 is 0 Å². The summed E-state index contributed by atoms with van der Waals surface area (Å²) in [4.78, 5) is 17.1. The number of carbonyl (C=O) groups excluding carboxylic acids is 1. The number of allylic oxidation sites excluding steroid dienone is 1.